The number of carbonyl (C=O) groups excluding carboxylic acids is 2. The van der Waals surface area contributed by atoms with Gasteiger partial charge in [-0.2, -0.15) is 0 Å². The molecule has 0 atom stereocenters. The summed E-state index contributed by atoms with van der Waals surface area (Å²) in [6, 6.07) is 8.44. The van der Waals surface area contributed by atoms with Gasteiger partial charge in [-0.1, -0.05) is 0 Å². The van der Waals surface area contributed by atoms with Crippen LogP contribution in [-0.4, -0.2) is 60.5 Å². The first-order valence-corrected chi connectivity index (χ1v) is 9.22. The van der Waals surface area contributed by atoms with Gasteiger partial charge < -0.3 is 20.3 Å². The zero-order chi connectivity index (χ0) is 20.5. The molecule has 0 radical (unpaired) electrons. The lowest BCUT2D eigenvalue weighted by atomic mass is 10.2. The lowest BCUT2D eigenvalue weighted by Crippen LogP contribution is -2.28. The highest BCUT2D eigenvalue weighted by Gasteiger charge is 2.11. The second-order valence-corrected chi connectivity index (χ2v) is 6.55. The molecule has 2 N–H and O–H groups in total. The Hall–Kier alpha value is -3.00. The summed E-state index contributed by atoms with van der Waals surface area (Å²) in [4.78, 5) is 34.7. The largest absolute Gasteiger partial charge is 0.462 e. The number of anilines is 2. The average molecular weight is 385 g/mol. The number of aromatic nitrogens is 2. The highest BCUT2D eigenvalue weighted by atomic mass is 16.5. The van der Waals surface area contributed by atoms with Crippen LogP contribution in [0.25, 0.3) is 0 Å². The van der Waals surface area contributed by atoms with Gasteiger partial charge in [0.25, 0.3) is 5.91 Å². The predicted molar refractivity (Wildman–Crippen MR) is 108 cm³/mol. The van der Waals surface area contributed by atoms with Gasteiger partial charge in [0, 0.05) is 17.9 Å². The van der Waals surface area contributed by atoms with Crippen LogP contribution in [0.3, 0.4) is 0 Å². The number of ether oxygens (including phenoxy) is 1. The number of carbonyl (C=O) groups is 2. The van der Waals surface area contributed by atoms with E-state index in [1.165, 1.54) is 0 Å². The summed E-state index contributed by atoms with van der Waals surface area (Å²) in [5, 5.41) is 5.93. The van der Waals surface area contributed by atoms with E-state index in [2.05, 4.69) is 25.5 Å². The lowest BCUT2D eigenvalue weighted by Gasteiger charge is -2.11. The predicted octanol–water partition coefficient (Wildman–Crippen LogP) is 2.39. The minimum Gasteiger partial charge on any atom is -0.462 e. The van der Waals surface area contributed by atoms with Gasteiger partial charge in [-0.05, 0) is 71.2 Å². The standard InChI is InChI=1S/C20H27N5O3/c1-5-28-19(27)15-7-9-16(10-8-15)23-20-22-14(2)13-17(24-20)18(26)21-11-6-12-25(3)4/h7-10,13H,5-6,11-12H2,1-4H3,(H,21,26)(H,22,23,24). The molecule has 1 aromatic heterocycles. The fourth-order valence-corrected chi connectivity index (χ4v) is 2.46. The van der Waals surface area contributed by atoms with Crippen molar-refractivity contribution in [1.82, 2.24) is 20.2 Å². The number of hydrogen-bond acceptors (Lipinski definition) is 7. The van der Waals surface area contributed by atoms with Gasteiger partial charge in [-0.15, -0.1) is 0 Å². The fraction of sp³-hybridized carbons (Fsp3) is 0.400. The molecule has 2 aromatic rings. The quantitative estimate of drug-likeness (QED) is 0.505. The number of esters is 1. The SMILES string of the molecule is CCOC(=O)c1ccc(Nc2nc(C)cc(C(=O)NCCCN(C)C)n2)cc1. The first kappa shape index (κ1) is 21.3. The van der Waals surface area contributed by atoms with Crippen molar-refractivity contribution in [3.8, 4) is 0 Å². The van der Waals surface area contributed by atoms with Crippen molar-refractivity contribution in [1.29, 1.82) is 0 Å². The second kappa shape index (κ2) is 10.4. The maximum Gasteiger partial charge on any atom is 0.338 e. The third kappa shape index (κ3) is 6.62. The van der Waals surface area contributed by atoms with Crippen LogP contribution in [0, 0.1) is 6.92 Å². The molecule has 8 heteroatoms. The molecule has 8 nitrogen and oxygen atoms in total. The molecule has 0 fully saturated rings. The number of nitrogens with one attached hydrogen (secondary N) is 2. The van der Waals surface area contributed by atoms with Crippen LogP contribution in [0.5, 0.6) is 0 Å². The highest BCUT2D eigenvalue weighted by Crippen LogP contribution is 2.15. The van der Waals surface area contributed by atoms with Crippen LogP contribution in [0.4, 0.5) is 11.6 Å². The van der Waals surface area contributed by atoms with Crippen LogP contribution in [-0.2, 0) is 4.74 Å². The van der Waals surface area contributed by atoms with E-state index in [0.717, 1.165) is 13.0 Å². The van der Waals surface area contributed by atoms with Crippen LogP contribution in [0.2, 0.25) is 0 Å². The van der Waals surface area contributed by atoms with Crippen LogP contribution >= 0.6 is 0 Å². The van der Waals surface area contributed by atoms with Gasteiger partial charge in [0.05, 0.1) is 12.2 Å². The molecule has 28 heavy (non-hydrogen) atoms. The molecule has 0 aliphatic rings. The minimum atomic E-state index is -0.367. The fourth-order valence-electron chi connectivity index (χ4n) is 2.46. The summed E-state index contributed by atoms with van der Waals surface area (Å²) in [5.74, 6) is -0.277. The Bertz CT molecular complexity index is 806. The second-order valence-electron chi connectivity index (χ2n) is 6.55. The summed E-state index contributed by atoms with van der Waals surface area (Å²) >= 11 is 0. The molecular formula is C20H27N5O3. The number of aryl methyl sites for hydroxylation is 1. The van der Waals surface area contributed by atoms with Gasteiger partial charge in [0.2, 0.25) is 5.95 Å². The van der Waals surface area contributed by atoms with E-state index in [0.29, 0.717) is 41.7 Å². The molecule has 0 saturated heterocycles. The number of nitrogens with zero attached hydrogens (tertiary/aromatic N) is 3. The minimum absolute atomic E-state index is 0.232. The molecule has 2 rings (SSSR count). The van der Waals surface area contributed by atoms with E-state index in [4.69, 9.17) is 4.74 Å². The molecular weight excluding hydrogens is 358 g/mol. The normalized spacial score (nSPS) is 10.6. The molecule has 0 unspecified atom stereocenters. The maximum absolute atomic E-state index is 12.3. The summed E-state index contributed by atoms with van der Waals surface area (Å²) in [6.45, 7) is 5.38. The first-order valence-electron chi connectivity index (χ1n) is 9.22. The Morgan fingerprint density at radius 3 is 2.50 bits per heavy atom. The van der Waals surface area contributed by atoms with E-state index >= 15 is 0 Å². The molecule has 1 aromatic carbocycles. The zero-order valence-corrected chi connectivity index (χ0v) is 16.8. The van der Waals surface area contributed by atoms with Crippen molar-refractivity contribution in [3.63, 3.8) is 0 Å². The van der Waals surface area contributed by atoms with E-state index in [1.807, 2.05) is 14.1 Å². The van der Waals surface area contributed by atoms with Crippen LogP contribution < -0.4 is 10.6 Å². The monoisotopic (exact) mass is 385 g/mol. The molecule has 0 aliphatic carbocycles. The molecule has 0 aliphatic heterocycles. The number of rotatable bonds is 9. The van der Waals surface area contributed by atoms with Crippen molar-refractivity contribution >= 4 is 23.5 Å². The summed E-state index contributed by atoms with van der Waals surface area (Å²) in [7, 11) is 3.99. The Balaban J connectivity index is 2.02. The molecule has 0 saturated carbocycles. The van der Waals surface area contributed by atoms with Crippen LogP contribution in [0.1, 0.15) is 39.9 Å². The van der Waals surface area contributed by atoms with Gasteiger partial charge >= 0.3 is 5.97 Å². The van der Waals surface area contributed by atoms with Crippen molar-refractivity contribution < 1.29 is 14.3 Å². The van der Waals surface area contributed by atoms with Gasteiger partial charge in [-0.25, -0.2) is 14.8 Å². The maximum atomic E-state index is 12.3. The van der Waals surface area contributed by atoms with Crippen molar-refractivity contribution in [2.45, 2.75) is 20.3 Å². The lowest BCUT2D eigenvalue weighted by molar-refractivity contribution is 0.0526. The Morgan fingerprint density at radius 1 is 1.14 bits per heavy atom. The van der Waals surface area contributed by atoms with E-state index in [9.17, 15) is 9.59 Å². The van der Waals surface area contributed by atoms with Crippen molar-refractivity contribution in [2.24, 2.45) is 0 Å². The highest BCUT2D eigenvalue weighted by molar-refractivity contribution is 5.92. The van der Waals surface area contributed by atoms with Crippen LogP contribution in [0.15, 0.2) is 30.3 Å². The Morgan fingerprint density at radius 2 is 1.86 bits per heavy atom. The van der Waals surface area contributed by atoms with Gasteiger partial charge in [-0.3, -0.25) is 4.79 Å². The molecule has 1 heterocycles. The molecule has 0 bridgehead atoms. The molecule has 0 spiro atoms. The Kier molecular flexibility index (Phi) is 7.88. The smallest absolute Gasteiger partial charge is 0.338 e. The summed E-state index contributed by atoms with van der Waals surface area (Å²) < 4.78 is 4.97. The topological polar surface area (TPSA) is 96.4 Å². The van der Waals surface area contributed by atoms with Crippen molar-refractivity contribution in [3.05, 3.63) is 47.3 Å². The number of amides is 1. The third-order valence-corrected chi connectivity index (χ3v) is 3.81. The molecule has 150 valence electrons. The van der Waals surface area contributed by atoms with E-state index in [1.54, 1.807) is 44.2 Å². The zero-order valence-electron chi connectivity index (χ0n) is 16.8. The average Bonchev–Trinajstić information content (AvgIpc) is 2.65. The Labute approximate surface area is 165 Å². The number of benzene rings is 1. The van der Waals surface area contributed by atoms with Gasteiger partial charge in [0.1, 0.15) is 5.69 Å². The van der Waals surface area contributed by atoms with Crippen molar-refractivity contribution in [2.75, 3.05) is 39.1 Å². The van der Waals surface area contributed by atoms with Gasteiger partial charge in [0.15, 0.2) is 0 Å². The third-order valence-electron chi connectivity index (χ3n) is 3.81. The van der Waals surface area contributed by atoms with E-state index < -0.39 is 0 Å². The summed E-state index contributed by atoms with van der Waals surface area (Å²) in [6.07, 6.45) is 0.862. The van der Waals surface area contributed by atoms with E-state index in [-0.39, 0.29) is 11.9 Å². The first-order chi connectivity index (χ1) is 13.4. The summed E-state index contributed by atoms with van der Waals surface area (Å²) in [5.41, 5.74) is 2.16. The molecule has 1 amide bonds. The number of hydrogen-bond donors (Lipinski definition) is 2.